The molecule has 0 radical (unpaired) electrons. The van der Waals surface area contributed by atoms with E-state index < -0.39 is 30.0 Å². The Labute approximate surface area is 121 Å². The number of carbonyl (C=O) groups is 4. The number of imide groups is 1. The summed E-state index contributed by atoms with van der Waals surface area (Å²) >= 11 is 0. The lowest BCUT2D eigenvalue weighted by atomic mass is 10.1. The number of carboxylic acid groups (broad SMARTS) is 1. The second kappa shape index (κ2) is 8.20. The zero-order valence-electron chi connectivity index (χ0n) is 11.7. The molecule has 0 saturated carbocycles. The fourth-order valence-electron chi connectivity index (χ4n) is 1.88. The van der Waals surface area contributed by atoms with E-state index >= 15 is 0 Å². The third-order valence-electron chi connectivity index (χ3n) is 2.99. The van der Waals surface area contributed by atoms with Crippen molar-refractivity contribution in [1.82, 2.24) is 16.0 Å². The van der Waals surface area contributed by atoms with Gasteiger partial charge in [0, 0.05) is 20.1 Å². The maximum absolute atomic E-state index is 11.7. The van der Waals surface area contributed by atoms with E-state index in [9.17, 15) is 19.2 Å². The smallest absolute Gasteiger partial charge is 0.326 e. The van der Waals surface area contributed by atoms with Gasteiger partial charge in [0.2, 0.25) is 11.8 Å². The van der Waals surface area contributed by atoms with Crippen LogP contribution in [0.4, 0.5) is 4.79 Å². The average Bonchev–Trinajstić information content (AvgIpc) is 2.41. The first-order valence-corrected chi connectivity index (χ1v) is 6.56. The Kier molecular flexibility index (Phi) is 6.60. The summed E-state index contributed by atoms with van der Waals surface area (Å²) < 4.78 is 4.82. The number of amides is 4. The number of carbonyl (C=O) groups excluding carboxylic acids is 3. The minimum absolute atomic E-state index is 0.132. The number of piperidine rings is 1. The van der Waals surface area contributed by atoms with Gasteiger partial charge in [-0.2, -0.15) is 0 Å². The summed E-state index contributed by atoms with van der Waals surface area (Å²) in [4.78, 5) is 45.2. The molecule has 118 valence electrons. The fourth-order valence-corrected chi connectivity index (χ4v) is 1.88. The molecule has 2 unspecified atom stereocenters. The van der Waals surface area contributed by atoms with E-state index in [0.717, 1.165) is 0 Å². The van der Waals surface area contributed by atoms with Crippen molar-refractivity contribution in [2.75, 3.05) is 13.7 Å². The van der Waals surface area contributed by atoms with Crippen LogP contribution in [-0.2, 0) is 19.1 Å². The molecule has 0 aromatic heterocycles. The van der Waals surface area contributed by atoms with Crippen molar-refractivity contribution >= 4 is 23.8 Å². The monoisotopic (exact) mass is 301 g/mol. The summed E-state index contributed by atoms with van der Waals surface area (Å²) in [5, 5.41) is 15.7. The molecule has 4 amide bonds. The lowest BCUT2D eigenvalue weighted by Crippen LogP contribution is -2.56. The Bertz CT molecular complexity index is 425. The third kappa shape index (κ3) is 5.78. The standard InChI is InChI=1S/C12H19N3O6/c1-21-6-2-3-8(11(18)19)14-12(20)13-7-4-5-9(16)15-10(7)17/h7-8H,2-6H2,1H3,(H,18,19)(H2,13,14,20)(H,15,16,17). The molecule has 4 N–H and O–H groups in total. The van der Waals surface area contributed by atoms with Crippen molar-refractivity contribution in [2.45, 2.75) is 37.8 Å². The van der Waals surface area contributed by atoms with Crippen LogP contribution in [0.25, 0.3) is 0 Å². The van der Waals surface area contributed by atoms with Gasteiger partial charge in [-0.15, -0.1) is 0 Å². The highest BCUT2D eigenvalue weighted by molar-refractivity contribution is 6.01. The van der Waals surface area contributed by atoms with E-state index in [1.54, 1.807) is 0 Å². The van der Waals surface area contributed by atoms with Crippen LogP contribution in [0.1, 0.15) is 25.7 Å². The quantitative estimate of drug-likeness (QED) is 0.351. The van der Waals surface area contributed by atoms with Crippen LogP contribution in [0.3, 0.4) is 0 Å². The highest BCUT2D eigenvalue weighted by atomic mass is 16.5. The van der Waals surface area contributed by atoms with E-state index in [2.05, 4.69) is 16.0 Å². The van der Waals surface area contributed by atoms with Crippen LogP contribution in [0.5, 0.6) is 0 Å². The molecule has 1 saturated heterocycles. The van der Waals surface area contributed by atoms with Crippen molar-refractivity contribution in [3.63, 3.8) is 0 Å². The lowest BCUT2D eigenvalue weighted by molar-refractivity contribution is -0.139. The number of hydrogen-bond donors (Lipinski definition) is 4. The number of methoxy groups -OCH3 is 1. The van der Waals surface area contributed by atoms with Gasteiger partial charge in [-0.1, -0.05) is 0 Å². The van der Waals surface area contributed by atoms with Gasteiger partial charge >= 0.3 is 12.0 Å². The van der Waals surface area contributed by atoms with Crippen molar-refractivity contribution in [3.8, 4) is 0 Å². The van der Waals surface area contributed by atoms with Crippen LogP contribution < -0.4 is 16.0 Å². The number of hydrogen-bond acceptors (Lipinski definition) is 5. The van der Waals surface area contributed by atoms with Crippen LogP contribution in [-0.4, -0.2) is 54.7 Å². The molecule has 0 aromatic rings. The first-order valence-electron chi connectivity index (χ1n) is 6.56. The molecule has 1 heterocycles. The highest BCUT2D eigenvalue weighted by Gasteiger charge is 2.29. The van der Waals surface area contributed by atoms with Crippen molar-refractivity contribution < 1.29 is 29.0 Å². The van der Waals surface area contributed by atoms with Gasteiger partial charge in [0.15, 0.2) is 0 Å². The number of urea groups is 1. The van der Waals surface area contributed by atoms with Gasteiger partial charge in [-0.3, -0.25) is 14.9 Å². The fraction of sp³-hybridized carbons (Fsp3) is 0.667. The molecule has 9 heteroatoms. The SMILES string of the molecule is COCCCC(NC(=O)NC1CCC(=O)NC1=O)C(=O)O. The van der Waals surface area contributed by atoms with E-state index in [1.165, 1.54) is 7.11 Å². The third-order valence-corrected chi connectivity index (χ3v) is 2.99. The number of ether oxygens (including phenoxy) is 1. The Morgan fingerprint density at radius 2 is 2.19 bits per heavy atom. The summed E-state index contributed by atoms with van der Waals surface area (Å²) in [6.45, 7) is 0.389. The molecule has 0 aromatic carbocycles. The minimum atomic E-state index is -1.16. The molecule has 21 heavy (non-hydrogen) atoms. The molecule has 0 aliphatic carbocycles. The zero-order chi connectivity index (χ0) is 15.8. The van der Waals surface area contributed by atoms with Crippen molar-refractivity contribution in [2.24, 2.45) is 0 Å². The summed E-state index contributed by atoms with van der Waals surface area (Å²) in [6, 6.07) is -2.65. The Morgan fingerprint density at radius 1 is 1.48 bits per heavy atom. The van der Waals surface area contributed by atoms with Gasteiger partial charge in [-0.25, -0.2) is 9.59 Å². The Hall–Kier alpha value is -2.16. The molecule has 0 spiro atoms. The minimum Gasteiger partial charge on any atom is -0.480 e. The first kappa shape index (κ1) is 16.9. The Balaban J connectivity index is 2.44. The van der Waals surface area contributed by atoms with Crippen molar-refractivity contribution in [3.05, 3.63) is 0 Å². The second-order valence-corrected chi connectivity index (χ2v) is 4.65. The van der Waals surface area contributed by atoms with Crippen LogP contribution in [0.15, 0.2) is 0 Å². The maximum Gasteiger partial charge on any atom is 0.326 e. The number of nitrogens with one attached hydrogen (secondary N) is 3. The molecular formula is C12H19N3O6. The summed E-state index contributed by atoms with van der Waals surface area (Å²) in [5.74, 6) is -2.14. The van der Waals surface area contributed by atoms with Gasteiger partial charge in [0.1, 0.15) is 12.1 Å². The molecule has 0 bridgehead atoms. The molecule has 1 aliphatic heterocycles. The zero-order valence-corrected chi connectivity index (χ0v) is 11.7. The van der Waals surface area contributed by atoms with E-state index in [4.69, 9.17) is 9.84 Å². The first-order chi connectivity index (χ1) is 9.93. The predicted molar refractivity (Wildman–Crippen MR) is 70.4 cm³/mol. The summed E-state index contributed by atoms with van der Waals surface area (Å²) in [5.41, 5.74) is 0. The number of rotatable bonds is 7. The Morgan fingerprint density at radius 3 is 2.76 bits per heavy atom. The van der Waals surface area contributed by atoms with E-state index in [0.29, 0.717) is 13.0 Å². The van der Waals surface area contributed by atoms with E-state index in [-0.39, 0.29) is 25.2 Å². The van der Waals surface area contributed by atoms with E-state index in [1.807, 2.05) is 0 Å². The molecule has 1 aliphatic rings. The molecular weight excluding hydrogens is 282 g/mol. The van der Waals surface area contributed by atoms with Gasteiger partial charge in [0.05, 0.1) is 0 Å². The molecule has 9 nitrogen and oxygen atoms in total. The van der Waals surface area contributed by atoms with Gasteiger partial charge in [-0.05, 0) is 19.3 Å². The lowest BCUT2D eigenvalue weighted by Gasteiger charge is -2.23. The van der Waals surface area contributed by atoms with Crippen LogP contribution in [0, 0.1) is 0 Å². The topological polar surface area (TPSA) is 134 Å². The van der Waals surface area contributed by atoms with Gasteiger partial charge in [0.25, 0.3) is 0 Å². The maximum atomic E-state index is 11.7. The molecule has 2 atom stereocenters. The summed E-state index contributed by atoms with van der Waals surface area (Å²) in [7, 11) is 1.50. The number of aliphatic carboxylic acids is 1. The van der Waals surface area contributed by atoms with Gasteiger partial charge < -0.3 is 20.5 Å². The number of carboxylic acids is 1. The van der Waals surface area contributed by atoms with Crippen LogP contribution in [0.2, 0.25) is 0 Å². The predicted octanol–water partition coefficient (Wildman–Crippen LogP) is -1.03. The second-order valence-electron chi connectivity index (χ2n) is 4.65. The average molecular weight is 301 g/mol. The molecule has 1 fully saturated rings. The normalized spacial score (nSPS) is 19.6. The largest absolute Gasteiger partial charge is 0.480 e. The van der Waals surface area contributed by atoms with Crippen LogP contribution >= 0.6 is 0 Å². The highest BCUT2D eigenvalue weighted by Crippen LogP contribution is 2.04. The molecule has 1 rings (SSSR count). The summed E-state index contributed by atoms with van der Waals surface area (Å²) in [6.07, 6.45) is 1.02. The van der Waals surface area contributed by atoms with Crippen molar-refractivity contribution in [1.29, 1.82) is 0 Å².